The van der Waals surface area contributed by atoms with Crippen molar-refractivity contribution in [1.82, 2.24) is 5.32 Å². The molecular weight excluding hydrogens is 245 g/mol. The lowest BCUT2D eigenvalue weighted by atomic mass is 10.1. The SMILES string of the molecule is CCCCNCc1ccc(F)c(-c2cccs2)c1. The molecule has 0 unspecified atom stereocenters. The lowest BCUT2D eigenvalue weighted by Gasteiger charge is -2.07. The zero-order valence-electron chi connectivity index (χ0n) is 10.6. The molecule has 96 valence electrons. The largest absolute Gasteiger partial charge is 0.313 e. The van der Waals surface area contributed by atoms with E-state index in [-0.39, 0.29) is 5.82 Å². The van der Waals surface area contributed by atoms with Crippen LogP contribution in [-0.4, -0.2) is 6.54 Å². The highest BCUT2D eigenvalue weighted by molar-refractivity contribution is 7.13. The third kappa shape index (κ3) is 3.40. The molecule has 0 bridgehead atoms. The van der Waals surface area contributed by atoms with Gasteiger partial charge in [-0.2, -0.15) is 0 Å². The van der Waals surface area contributed by atoms with Gasteiger partial charge >= 0.3 is 0 Å². The van der Waals surface area contributed by atoms with Crippen LogP contribution < -0.4 is 5.32 Å². The van der Waals surface area contributed by atoms with E-state index in [1.165, 1.54) is 12.8 Å². The van der Waals surface area contributed by atoms with E-state index in [0.29, 0.717) is 5.56 Å². The van der Waals surface area contributed by atoms with Crippen LogP contribution in [0.15, 0.2) is 35.7 Å². The average Bonchev–Trinajstić information content (AvgIpc) is 2.90. The van der Waals surface area contributed by atoms with E-state index < -0.39 is 0 Å². The van der Waals surface area contributed by atoms with Crippen LogP contribution in [-0.2, 0) is 6.54 Å². The van der Waals surface area contributed by atoms with Crippen molar-refractivity contribution in [2.45, 2.75) is 26.3 Å². The minimum absolute atomic E-state index is 0.144. The first-order valence-corrected chi connectivity index (χ1v) is 7.22. The van der Waals surface area contributed by atoms with Crippen molar-refractivity contribution in [3.63, 3.8) is 0 Å². The van der Waals surface area contributed by atoms with E-state index in [0.717, 1.165) is 23.5 Å². The first-order valence-electron chi connectivity index (χ1n) is 6.34. The highest BCUT2D eigenvalue weighted by atomic mass is 32.1. The van der Waals surface area contributed by atoms with Gasteiger partial charge in [0.1, 0.15) is 5.82 Å². The molecule has 0 saturated heterocycles. The van der Waals surface area contributed by atoms with Crippen LogP contribution >= 0.6 is 11.3 Å². The maximum atomic E-state index is 13.8. The van der Waals surface area contributed by atoms with Gasteiger partial charge in [-0.15, -0.1) is 11.3 Å². The molecule has 1 aromatic heterocycles. The van der Waals surface area contributed by atoms with Gasteiger partial charge in [0, 0.05) is 17.0 Å². The Morgan fingerprint density at radius 2 is 2.17 bits per heavy atom. The van der Waals surface area contributed by atoms with Gasteiger partial charge in [-0.25, -0.2) is 4.39 Å². The molecule has 2 rings (SSSR count). The summed E-state index contributed by atoms with van der Waals surface area (Å²) in [4.78, 5) is 0.989. The van der Waals surface area contributed by atoms with Crippen molar-refractivity contribution in [3.05, 3.63) is 47.1 Å². The molecule has 2 aromatic rings. The number of unbranched alkanes of at least 4 members (excludes halogenated alkanes) is 1. The number of nitrogens with one attached hydrogen (secondary N) is 1. The van der Waals surface area contributed by atoms with Crippen molar-refractivity contribution in [2.24, 2.45) is 0 Å². The fourth-order valence-corrected chi connectivity index (χ4v) is 2.58. The van der Waals surface area contributed by atoms with Crippen molar-refractivity contribution in [2.75, 3.05) is 6.54 Å². The summed E-state index contributed by atoms with van der Waals surface area (Å²) in [6.07, 6.45) is 2.37. The van der Waals surface area contributed by atoms with Gasteiger partial charge in [0.25, 0.3) is 0 Å². The number of hydrogen-bond donors (Lipinski definition) is 1. The molecule has 0 amide bonds. The standard InChI is InChI=1S/C15H18FNS/c1-2-3-8-17-11-12-6-7-14(16)13(10-12)15-5-4-9-18-15/h4-7,9-10,17H,2-3,8,11H2,1H3. The van der Waals surface area contributed by atoms with E-state index in [4.69, 9.17) is 0 Å². The minimum Gasteiger partial charge on any atom is -0.313 e. The highest BCUT2D eigenvalue weighted by Crippen LogP contribution is 2.28. The first-order chi connectivity index (χ1) is 8.81. The molecule has 1 heterocycles. The Bertz CT molecular complexity index is 479. The number of thiophene rings is 1. The quantitative estimate of drug-likeness (QED) is 0.760. The zero-order valence-corrected chi connectivity index (χ0v) is 11.4. The van der Waals surface area contributed by atoms with E-state index >= 15 is 0 Å². The Balaban J connectivity index is 2.07. The van der Waals surface area contributed by atoms with Gasteiger partial charge in [0.15, 0.2) is 0 Å². The van der Waals surface area contributed by atoms with Gasteiger partial charge in [0.05, 0.1) is 0 Å². The molecule has 0 spiro atoms. The highest BCUT2D eigenvalue weighted by Gasteiger charge is 2.06. The normalized spacial score (nSPS) is 10.8. The van der Waals surface area contributed by atoms with Crippen LogP contribution in [0.1, 0.15) is 25.3 Å². The topological polar surface area (TPSA) is 12.0 Å². The Morgan fingerprint density at radius 1 is 1.28 bits per heavy atom. The maximum absolute atomic E-state index is 13.8. The number of halogens is 1. The Labute approximate surface area is 112 Å². The second-order valence-corrected chi connectivity index (χ2v) is 5.27. The van der Waals surface area contributed by atoms with Crippen LogP contribution in [0.4, 0.5) is 4.39 Å². The molecule has 0 aliphatic rings. The maximum Gasteiger partial charge on any atom is 0.131 e. The van der Waals surface area contributed by atoms with Gasteiger partial charge < -0.3 is 5.32 Å². The monoisotopic (exact) mass is 263 g/mol. The van der Waals surface area contributed by atoms with Crippen molar-refractivity contribution in [1.29, 1.82) is 0 Å². The third-order valence-electron chi connectivity index (χ3n) is 2.85. The van der Waals surface area contributed by atoms with E-state index in [2.05, 4.69) is 12.2 Å². The Hall–Kier alpha value is -1.19. The van der Waals surface area contributed by atoms with Gasteiger partial charge in [-0.3, -0.25) is 0 Å². The lowest BCUT2D eigenvalue weighted by Crippen LogP contribution is -2.14. The van der Waals surface area contributed by atoms with E-state index in [1.807, 2.05) is 29.6 Å². The molecule has 0 atom stereocenters. The molecule has 0 fully saturated rings. The second kappa shape index (κ2) is 6.66. The van der Waals surface area contributed by atoms with Gasteiger partial charge in [-0.05, 0) is 42.1 Å². The minimum atomic E-state index is -0.144. The fourth-order valence-electron chi connectivity index (χ4n) is 1.84. The summed E-state index contributed by atoms with van der Waals surface area (Å²) in [7, 11) is 0. The summed E-state index contributed by atoms with van der Waals surface area (Å²) in [5, 5.41) is 5.35. The van der Waals surface area contributed by atoms with Crippen LogP contribution in [0.5, 0.6) is 0 Å². The predicted molar refractivity (Wildman–Crippen MR) is 76.3 cm³/mol. The summed E-state index contributed by atoms with van der Waals surface area (Å²) in [6, 6.07) is 9.26. The lowest BCUT2D eigenvalue weighted by molar-refractivity contribution is 0.624. The van der Waals surface area contributed by atoms with Crippen molar-refractivity contribution < 1.29 is 4.39 Å². The van der Waals surface area contributed by atoms with Crippen molar-refractivity contribution in [3.8, 4) is 10.4 Å². The van der Waals surface area contributed by atoms with E-state index in [9.17, 15) is 4.39 Å². The van der Waals surface area contributed by atoms with Gasteiger partial charge in [-0.1, -0.05) is 25.5 Å². The zero-order chi connectivity index (χ0) is 12.8. The van der Waals surface area contributed by atoms with E-state index in [1.54, 1.807) is 17.4 Å². The first kappa shape index (κ1) is 13.2. The second-order valence-electron chi connectivity index (χ2n) is 4.32. The fraction of sp³-hybridized carbons (Fsp3) is 0.333. The van der Waals surface area contributed by atoms with Crippen molar-refractivity contribution >= 4 is 11.3 Å². The summed E-state index contributed by atoms with van der Waals surface area (Å²) in [5.41, 5.74) is 1.84. The average molecular weight is 263 g/mol. The molecule has 0 radical (unpaired) electrons. The Morgan fingerprint density at radius 3 is 2.89 bits per heavy atom. The molecular formula is C15H18FNS. The van der Waals surface area contributed by atoms with Gasteiger partial charge in [0.2, 0.25) is 0 Å². The summed E-state index contributed by atoms with van der Waals surface area (Å²) < 4.78 is 13.8. The molecule has 3 heteroatoms. The summed E-state index contributed by atoms with van der Waals surface area (Å²) in [6.45, 7) is 4.00. The molecule has 0 aliphatic carbocycles. The Kier molecular flexibility index (Phi) is 4.90. The van der Waals surface area contributed by atoms with Crippen LogP contribution in [0.2, 0.25) is 0 Å². The molecule has 18 heavy (non-hydrogen) atoms. The smallest absolute Gasteiger partial charge is 0.131 e. The predicted octanol–water partition coefficient (Wildman–Crippen LogP) is 4.44. The van der Waals surface area contributed by atoms with Crippen LogP contribution in [0.25, 0.3) is 10.4 Å². The number of rotatable bonds is 6. The molecule has 1 N–H and O–H groups in total. The number of hydrogen-bond acceptors (Lipinski definition) is 2. The molecule has 1 nitrogen and oxygen atoms in total. The summed E-state index contributed by atoms with van der Waals surface area (Å²) in [5.74, 6) is -0.144. The molecule has 1 aromatic carbocycles. The van der Waals surface area contributed by atoms with Crippen LogP contribution in [0.3, 0.4) is 0 Å². The third-order valence-corrected chi connectivity index (χ3v) is 3.76. The molecule has 0 aliphatic heterocycles. The molecule has 0 saturated carbocycles. The van der Waals surface area contributed by atoms with Crippen LogP contribution in [0, 0.1) is 5.82 Å². The number of benzene rings is 1. The summed E-state index contributed by atoms with van der Waals surface area (Å²) >= 11 is 1.57.